The second-order valence-electron chi connectivity index (χ2n) is 2.60. The van der Waals surface area contributed by atoms with E-state index in [1.54, 1.807) is 0 Å². The highest BCUT2D eigenvalue weighted by atomic mass is 15.1. The third-order valence-electron chi connectivity index (χ3n) is 1.15. The van der Waals surface area contributed by atoms with E-state index < -0.39 is 0 Å². The first-order valence-corrected chi connectivity index (χ1v) is 3.45. The Labute approximate surface area is 66.3 Å². The Kier molecular flexibility index (Phi) is 1.98. The van der Waals surface area contributed by atoms with Gasteiger partial charge in [-0.3, -0.25) is 0 Å². The number of amidine groups is 2. The van der Waals surface area contributed by atoms with Crippen LogP contribution in [0.3, 0.4) is 0 Å². The van der Waals surface area contributed by atoms with Gasteiger partial charge in [0.05, 0.1) is 0 Å². The summed E-state index contributed by atoms with van der Waals surface area (Å²) in [7, 11) is 0. The summed E-state index contributed by atoms with van der Waals surface area (Å²) in [5.74, 6) is 1.37. The molecule has 58 valence electrons. The summed E-state index contributed by atoms with van der Waals surface area (Å²) in [5.41, 5.74) is 1.62. The van der Waals surface area contributed by atoms with Gasteiger partial charge in [-0.25, -0.2) is 15.0 Å². The largest absolute Gasteiger partial charge is 0.237 e. The van der Waals surface area contributed by atoms with E-state index in [9.17, 15) is 0 Å². The highest BCUT2D eigenvalue weighted by molar-refractivity contribution is 6.14. The first kappa shape index (κ1) is 7.85. The van der Waals surface area contributed by atoms with Gasteiger partial charge in [-0.2, -0.15) is 0 Å². The number of aliphatic imine (C=N–C) groups is 3. The Morgan fingerprint density at radius 2 is 2.00 bits per heavy atom. The molecule has 0 saturated heterocycles. The molecule has 3 heteroatoms. The Hall–Kier alpha value is -1.25. The average Bonchev–Trinajstić information content (AvgIpc) is 2.09. The molecule has 0 aromatic rings. The molecule has 1 aliphatic heterocycles. The minimum Gasteiger partial charge on any atom is -0.237 e. The van der Waals surface area contributed by atoms with Crippen LogP contribution in [0.15, 0.2) is 27.3 Å². The molecule has 0 amide bonds. The van der Waals surface area contributed by atoms with Crippen LogP contribution in [-0.2, 0) is 0 Å². The van der Waals surface area contributed by atoms with Gasteiger partial charge in [0.1, 0.15) is 11.5 Å². The molecule has 0 radical (unpaired) electrons. The van der Waals surface area contributed by atoms with Crippen LogP contribution in [0.2, 0.25) is 0 Å². The normalized spacial score (nSPS) is 16.1. The van der Waals surface area contributed by atoms with Gasteiger partial charge in [0, 0.05) is 5.71 Å². The molecule has 0 unspecified atom stereocenters. The van der Waals surface area contributed by atoms with Crippen LogP contribution in [-0.4, -0.2) is 17.4 Å². The van der Waals surface area contributed by atoms with E-state index in [0.29, 0.717) is 11.5 Å². The van der Waals surface area contributed by atoms with Crippen molar-refractivity contribution < 1.29 is 0 Å². The molecule has 0 aliphatic carbocycles. The molecule has 0 aromatic carbocycles. The lowest BCUT2D eigenvalue weighted by molar-refractivity contribution is 1.47. The van der Waals surface area contributed by atoms with Crippen molar-refractivity contribution in [1.82, 2.24) is 0 Å². The molecule has 0 N–H and O–H groups in total. The van der Waals surface area contributed by atoms with Crippen molar-refractivity contribution >= 4 is 17.4 Å². The van der Waals surface area contributed by atoms with Crippen LogP contribution in [0.4, 0.5) is 0 Å². The first-order valence-electron chi connectivity index (χ1n) is 3.45. The molecule has 3 nitrogen and oxygen atoms in total. The molecule has 0 spiro atoms. The minimum absolute atomic E-state index is 0.641. The van der Waals surface area contributed by atoms with Crippen molar-refractivity contribution in [2.24, 2.45) is 15.0 Å². The lowest BCUT2D eigenvalue weighted by Gasteiger charge is -1.91. The number of rotatable bonds is 0. The van der Waals surface area contributed by atoms with Crippen LogP contribution in [0.25, 0.3) is 0 Å². The van der Waals surface area contributed by atoms with Crippen molar-refractivity contribution in [3.8, 4) is 0 Å². The molecular weight excluding hydrogens is 138 g/mol. The van der Waals surface area contributed by atoms with Crippen molar-refractivity contribution in [2.45, 2.75) is 20.8 Å². The Bertz CT molecular complexity index is 278. The molecule has 1 rings (SSSR count). The SMILES string of the molecule is C=C1N=C(C)N=C1N=C(C)C. The predicted molar refractivity (Wildman–Crippen MR) is 48.5 cm³/mol. The molecule has 11 heavy (non-hydrogen) atoms. The quantitative estimate of drug-likeness (QED) is 0.471. The van der Waals surface area contributed by atoms with Crippen LogP contribution < -0.4 is 0 Å². The molecule has 1 heterocycles. The second-order valence-corrected chi connectivity index (χ2v) is 2.60. The van der Waals surface area contributed by atoms with E-state index in [2.05, 4.69) is 21.6 Å². The molecule has 0 saturated carbocycles. The van der Waals surface area contributed by atoms with Gasteiger partial charge in [0.2, 0.25) is 0 Å². The monoisotopic (exact) mass is 149 g/mol. The van der Waals surface area contributed by atoms with E-state index in [1.807, 2.05) is 20.8 Å². The van der Waals surface area contributed by atoms with E-state index in [1.165, 1.54) is 0 Å². The lowest BCUT2D eigenvalue weighted by Crippen LogP contribution is -1.95. The molecule has 1 aliphatic rings. The summed E-state index contributed by atoms with van der Waals surface area (Å²) in [4.78, 5) is 12.3. The average molecular weight is 149 g/mol. The Balaban J connectivity index is 2.88. The van der Waals surface area contributed by atoms with E-state index in [-0.39, 0.29) is 0 Å². The fourth-order valence-corrected chi connectivity index (χ4v) is 0.789. The third kappa shape index (κ3) is 1.83. The fraction of sp³-hybridized carbons (Fsp3) is 0.375. The summed E-state index contributed by atoms with van der Waals surface area (Å²) < 4.78 is 0. The van der Waals surface area contributed by atoms with Crippen LogP contribution >= 0.6 is 0 Å². The summed E-state index contributed by atoms with van der Waals surface area (Å²) in [5, 5.41) is 0. The summed E-state index contributed by atoms with van der Waals surface area (Å²) in [6, 6.07) is 0. The van der Waals surface area contributed by atoms with Gasteiger partial charge in [-0.1, -0.05) is 6.58 Å². The third-order valence-corrected chi connectivity index (χ3v) is 1.15. The summed E-state index contributed by atoms with van der Waals surface area (Å²) in [6.07, 6.45) is 0. The molecule has 0 atom stereocenters. The maximum Gasteiger partial charge on any atom is 0.179 e. The van der Waals surface area contributed by atoms with Crippen LogP contribution in [0.1, 0.15) is 20.8 Å². The number of hydrogen-bond acceptors (Lipinski definition) is 3. The van der Waals surface area contributed by atoms with Gasteiger partial charge in [0.15, 0.2) is 5.84 Å². The summed E-state index contributed by atoms with van der Waals surface area (Å²) >= 11 is 0. The summed E-state index contributed by atoms with van der Waals surface area (Å²) in [6.45, 7) is 9.39. The maximum atomic E-state index is 4.16. The van der Waals surface area contributed by atoms with Gasteiger partial charge >= 0.3 is 0 Å². The highest BCUT2D eigenvalue weighted by Gasteiger charge is 2.09. The van der Waals surface area contributed by atoms with Gasteiger partial charge < -0.3 is 0 Å². The molecule has 0 bridgehead atoms. The topological polar surface area (TPSA) is 37.1 Å². The fourth-order valence-electron chi connectivity index (χ4n) is 0.789. The van der Waals surface area contributed by atoms with Gasteiger partial charge in [-0.05, 0) is 20.8 Å². The van der Waals surface area contributed by atoms with Crippen molar-refractivity contribution in [1.29, 1.82) is 0 Å². The van der Waals surface area contributed by atoms with Crippen molar-refractivity contribution in [2.75, 3.05) is 0 Å². The second kappa shape index (κ2) is 2.78. The van der Waals surface area contributed by atoms with Crippen molar-refractivity contribution in [3.63, 3.8) is 0 Å². The van der Waals surface area contributed by atoms with E-state index in [0.717, 1.165) is 11.5 Å². The lowest BCUT2D eigenvalue weighted by atomic mass is 10.4. The Morgan fingerprint density at radius 3 is 2.36 bits per heavy atom. The first-order chi connectivity index (χ1) is 5.09. The van der Waals surface area contributed by atoms with Crippen molar-refractivity contribution in [3.05, 3.63) is 12.3 Å². The Morgan fingerprint density at radius 1 is 1.36 bits per heavy atom. The zero-order valence-corrected chi connectivity index (χ0v) is 7.05. The van der Waals surface area contributed by atoms with E-state index >= 15 is 0 Å². The molecule has 0 aromatic heterocycles. The zero-order chi connectivity index (χ0) is 8.43. The van der Waals surface area contributed by atoms with Crippen LogP contribution in [0.5, 0.6) is 0 Å². The predicted octanol–water partition coefficient (Wildman–Crippen LogP) is 1.81. The number of hydrogen-bond donors (Lipinski definition) is 0. The smallest absolute Gasteiger partial charge is 0.179 e. The standard InChI is InChI=1S/C8H11N3/c1-5(2)9-8-6(3)10-7(4)11-8/h3H2,1-2,4H3. The highest BCUT2D eigenvalue weighted by Crippen LogP contribution is 2.08. The van der Waals surface area contributed by atoms with Gasteiger partial charge in [-0.15, -0.1) is 0 Å². The van der Waals surface area contributed by atoms with Crippen LogP contribution in [0, 0.1) is 0 Å². The van der Waals surface area contributed by atoms with E-state index in [4.69, 9.17) is 0 Å². The van der Waals surface area contributed by atoms with Gasteiger partial charge in [0.25, 0.3) is 0 Å². The zero-order valence-electron chi connectivity index (χ0n) is 7.05. The minimum atomic E-state index is 0.641. The maximum absolute atomic E-state index is 4.16. The molecule has 0 fully saturated rings. The molecular formula is C8H11N3. The number of nitrogens with zero attached hydrogens (tertiary/aromatic N) is 3.